The molecule has 0 bridgehead atoms. The smallest absolute Gasteiger partial charge is 0.416 e. The molecule has 0 unspecified atom stereocenters. The van der Waals surface area contributed by atoms with E-state index in [0.29, 0.717) is 0 Å². The molecule has 116 valence electrons. The van der Waals surface area contributed by atoms with Crippen LogP contribution in [0.15, 0.2) is 46.0 Å². The van der Waals surface area contributed by atoms with Gasteiger partial charge in [-0.25, -0.2) is 4.79 Å². The van der Waals surface area contributed by atoms with Gasteiger partial charge in [-0.05, 0) is 31.2 Å². The molecule has 0 saturated carbocycles. The van der Waals surface area contributed by atoms with E-state index in [0.717, 1.165) is 24.3 Å². The number of hydrogen-bond donors (Lipinski definition) is 1. The Morgan fingerprint density at radius 1 is 1.36 bits per heavy atom. The Kier molecular flexibility index (Phi) is 5.63. The summed E-state index contributed by atoms with van der Waals surface area (Å²) >= 11 is 0. The van der Waals surface area contributed by atoms with E-state index in [1.807, 2.05) is 0 Å². The Hall–Kier alpha value is -2.89. The number of rotatable bonds is 4. The molecule has 0 aliphatic heterocycles. The zero-order valence-electron chi connectivity index (χ0n) is 11.3. The Labute approximate surface area is 123 Å². The molecule has 0 saturated heterocycles. The van der Waals surface area contributed by atoms with Gasteiger partial charge in [0.2, 0.25) is 11.5 Å². The minimum atomic E-state index is -4.48. The van der Waals surface area contributed by atoms with Crippen molar-refractivity contribution in [1.29, 1.82) is 5.26 Å². The monoisotopic (exact) mass is 313 g/mol. The van der Waals surface area contributed by atoms with E-state index in [4.69, 9.17) is 5.26 Å². The van der Waals surface area contributed by atoms with E-state index in [1.165, 1.54) is 13.0 Å². The van der Waals surface area contributed by atoms with Crippen LogP contribution in [-0.4, -0.2) is 17.7 Å². The number of halogens is 3. The van der Waals surface area contributed by atoms with Crippen molar-refractivity contribution in [2.75, 3.05) is 6.61 Å². The van der Waals surface area contributed by atoms with E-state index >= 15 is 0 Å². The van der Waals surface area contributed by atoms with Crippen molar-refractivity contribution in [2.45, 2.75) is 13.1 Å². The molecule has 22 heavy (non-hydrogen) atoms. The summed E-state index contributed by atoms with van der Waals surface area (Å²) in [5.74, 6) is -2.08. The first-order valence-electron chi connectivity index (χ1n) is 5.89. The predicted octanol–water partition coefficient (Wildman–Crippen LogP) is 3.65. The third-order valence-electron chi connectivity index (χ3n) is 2.26. The second-order valence-electron chi connectivity index (χ2n) is 3.77. The van der Waals surface area contributed by atoms with Gasteiger partial charge in [-0.3, -0.25) is 0 Å². The summed E-state index contributed by atoms with van der Waals surface area (Å²) in [6.07, 6.45) is -4.48. The van der Waals surface area contributed by atoms with Gasteiger partial charge >= 0.3 is 12.1 Å². The minimum Gasteiger partial charge on any atom is -0.498 e. The Balaban J connectivity index is 3.02. The van der Waals surface area contributed by atoms with Crippen molar-refractivity contribution >= 4 is 11.7 Å². The highest BCUT2D eigenvalue weighted by Crippen LogP contribution is 2.30. The number of alkyl halides is 3. The molecule has 0 aliphatic rings. The molecule has 1 aromatic rings. The van der Waals surface area contributed by atoms with Crippen LogP contribution in [0.3, 0.4) is 0 Å². The van der Waals surface area contributed by atoms with Crippen LogP contribution in [0.25, 0.3) is 0 Å². The quantitative estimate of drug-likeness (QED) is 0.229. The summed E-state index contributed by atoms with van der Waals surface area (Å²) in [6, 6.07) is 4.92. The fraction of sp³-hybridized carbons (Fsp3) is 0.231. The lowest BCUT2D eigenvalue weighted by Gasteiger charge is -2.05. The molecular formula is C13H10F3N3O3. The molecule has 1 N–H and O–H groups in total. The van der Waals surface area contributed by atoms with Crippen LogP contribution >= 0.6 is 0 Å². The summed E-state index contributed by atoms with van der Waals surface area (Å²) in [7, 11) is 0. The van der Waals surface area contributed by atoms with Crippen LogP contribution in [0.5, 0.6) is 0 Å². The van der Waals surface area contributed by atoms with Crippen LogP contribution in [0.2, 0.25) is 0 Å². The topological polar surface area (TPSA) is 95.0 Å². The van der Waals surface area contributed by atoms with E-state index < -0.39 is 29.2 Å². The second-order valence-corrected chi connectivity index (χ2v) is 3.77. The van der Waals surface area contributed by atoms with Gasteiger partial charge in [0.1, 0.15) is 6.07 Å². The van der Waals surface area contributed by atoms with Gasteiger partial charge in [-0.1, -0.05) is 0 Å². The van der Waals surface area contributed by atoms with Gasteiger partial charge in [0.05, 0.1) is 17.9 Å². The van der Waals surface area contributed by atoms with Crippen molar-refractivity contribution in [2.24, 2.45) is 10.2 Å². The lowest BCUT2D eigenvalue weighted by Crippen LogP contribution is -2.08. The van der Waals surface area contributed by atoms with E-state index in [1.54, 1.807) is 0 Å². The molecule has 1 aromatic carbocycles. The molecule has 0 aromatic heterocycles. The number of allylic oxidation sites excluding steroid dienone is 1. The fourth-order valence-corrected chi connectivity index (χ4v) is 1.26. The molecule has 1 rings (SSSR count). The number of carbonyl (C=O) groups excluding carboxylic acids is 1. The average Bonchev–Trinajstić information content (AvgIpc) is 2.47. The predicted molar refractivity (Wildman–Crippen MR) is 67.9 cm³/mol. The molecule has 0 aliphatic carbocycles. The number of aliphatic hydroxyl groups excluding tert-OH is 1. The first-order valence-corrected chi connectivity index (χ1v) is 5.89. The third kappa shape index (κ3) is 4.59. The SMILES string of the molecule is CCOC(=O)/C(N=Nc1ccc(C(F)(F)F)cc1)=C(/O)C#N. The molecule has 6 nitrogen and oxygen atoms in total. The molecular weight excluding hydrogens is 303 g/mol. The highest BCUT2D eigenvalue weighted by molar-refractivity contribution is 5.89. The number of azo groups is 1. The highest BCUT2D eigenvalue weighted by atomic mass is 19.4. The maximum absolute atomic E-state index is 12.4. The summed E-state index contributed by atoms with van der Waals surface area (Å²) < 4.78 is 41.7. The van der Waals surface area contributed by atoms with Crippen LogP contribution < -0.4 is 0 Å². The summed E-state index contributed by atoms with van der Waals surface area (Å²) in [5.41, 5.74) is -1.60. The summed E-state index contributed by atoms with van der Waals surface area (Å²) in [4.78, 5) is 11.5. The molecule has 0 heterocycles. The molecule has 0 spiro atoms. The first-order chi connectivity index (χ1) is 10.3. The molecule has 0 atom stereocenters. The number of carbonyl (C=O) groups is 1. The Morgan fingerprint density at radius 3 is 2.41 bits per heavy atom. The molecule has 0 fully saturated rings. The van der Waals surface area contributed by atoms with Crippen molar-refractivity contribution in [3.05, 3.63) is 41.3 Å². The maximum Gasteiger partial charge on any atom is 0.416 e. The normalized spacial score (nSPS) is 12.7. The number of nitrogens with zero attached hydrogens (tertiary/aromatic N) is 3. The van der Waals surface area contributed by atoms with Crippen LogP contribution in [0.4, 0.5) is 18.9 Å². The zero-order chi connectivity index (χ0) is 16.8. The third-order valence-corrected chi connectivity index (χ3v) is 2.26. The van der Waals surface area contributed by atoms with Gasteiger partial charge in [-0.2, -0.15) is 23.5 Å². The van der Waals surface area contributed by atoms with Gasteiger partial charge in [0.25, 0.3) is 0 Å². The summed E-state index contributed by atoms with van der Waals surface area (Å²) in [6.45, 7) is 1.49. The number of aliphatic hydroxyl groups is 1. The van der Waals surface area contributed by atoms with Gasteiger partial charge in [0.15, 0.2) is 0 Å². The van der Waals surface area contributed by atoms with E-state index in [9.17, 15) is 23.1 Å². The largest absolute Gasteiger partial charge is 0.498 e. The van der Waals surface area contributed by atoms with Gasteiger partial charge < -0.3 is 9.84 Å². The molecule has 9 heteroatoms. The van der Waals surface area contributed by atoms with Gasteiger partial charge in [-0.15, -0.1) is 5.11 Å². The van der Waals surface area contributed by atoms with E-state index in [-0.39, 0.29) is 12.3 Å². The van der Waals surface area contributed by atoms with Crippen LogP contribution in [-0.2, 0) is 15.7 Å². The average molecular weight is 313 g/mol. The number of nitriles is 1. The van der Waals surface area contributed by atoms with Crippen molar-refractivity contribution < 1.29 is 27.8 Å². The fourth-order valence-electron chi connectivity index (χ4n) is 1.26. The Morgan fingerprint density at radius 2 is 1.95 bits per heavy atom. The first kappa shape index (κ1) is 17.2. The van der Waals surface area contributed by atoms with Crippen LogP contribution in [0.1, 0.15) is 12.5 Å². The van der Waals surface area contributed by atoms with Crippen molar-refractivity contribution in [1.82, 2.24) is 0 Å². The number of esters is 1. The van der Waals surface area contributed by atoms with E-state index in [2.05, 4.69) is 15.0 Å². The standard InChI is InChI=1S/C13H10F3N3O3/c1-2-22-12(21)11(10(20)7-17)19-18-9-5-3-8(4-6-9)13(14,15)16/h3-6,20H,2H2,1H3/b11-10-,19-18?. The minimum absolute atomic E-state index is 0.000498. The summed E-state index contributed by atoms with van der Waals surface area (Å²) in [5, 5.41) is 24.7. The Bertz CT molecular complexity index is 643. The molecule has 0 amide bonds. The number of hydrogen-bond acceptors (Lipinski definition) is 6. The highest BCUT2D eigenvalue weighted by Gasteiger charge is 2.29. The second kappa shape index (κ2) is 7.21. The van der Waals surface area contributed by atoms with Crippen LogP contribution in [0, 0.1) is 11.3 Å². The van der Waals surface area contributed by atoms with Gasteiger partial charge in [0, 0.05) is 0 Å². The van der Waals surface area contributed by atoms with Crippen molar-refractivity contribution in [3.8, 4) is 6.07 Å². The van der Waals surface area contributed by atoms with Crippen molar-refractivity contribution in [3.63, 3.8) is 0 Å². The molecule has 0 radical (unpaired) electrons. The maximum atomic E-state index is 12.4. The lowest BCUT2D eigenvalue weighted by atomic mass is 10.2. The number of benzene rings is 1. The zero-order valence-corrected chi connectivity index (χ0v) is 11.3. The number of ether oxygens (including phenoxy) is 1. The lowest BCUT2D eigenvalue weighted by molar-refractivity contribution is -0.139.